The van der Waals surface area contributed by atoms with Gasteiger partial charge in [-0.1, -0.05) is 47.5 Å². The third-order valence-electron chi connectivity index (χ3n) is 5.05. The van der Waals surface area contributed by atoms with E-state index in [0.29, 0.717) is 11.6 Å². The van der Waals surface area contributed by atoms with E-state index in [1.165, 1.54) is 42.5 Å². The number of alkyl halides is 6. The molecule has 1 aromatic heterocycles. The van der Waals surface area contributed by atoms with Crippen molar-refractivity contribution in [3.63, 3.8) is 0 Å². The molecule has 0 saturated carbocycles. The van der Waals surface area contributed by atoms with E-state index in [1.807, 2.05) is 0 Å². The van der Waals surface area contributed by atoms with Crippen molar-refractivity contribution in [2.45, 2.75) is 12.4 Å². The van der Waals surface area contributed by atoms with E-state index in [4.69, 9.17) is 23.2 Å². The first-order valence-electron chi connectivity index (χ1n) is 10.1. The number of aromatic nitrogens is 2. The average molecular weight is 544 g/mol. The van der Waals surface area contributed by atoms with Crippen LogP contribution in [0.15, 0.2) is 72.8 Å². The second-order valence-corrected chi connectivity index (χ2v) is 8.31. The predicted octanol–water partition coefficient (Wildman–Crippen LogP) is 8.14. The standard InChI is InChI=1S/C24H13Cl2F6N3O/c25-17-10-9-15(11-16(17)23(27,28)29)33-22(36)14-7-5-13(6-8-14)20-12-21(24(30,31)32)34-35(20)19-4-2-1-3-18(19)26/h1-12H,(H,33,36). The van der Waals surface area contributed by atoms with E-state index < -0.39 is 34.5 Å². The van der Waals surface area contributed by atoms with Crippen molar-refractivity contribution < 1.29 is 31.1 Å². The maximum absolute atomic E-state index is 13.4. The zero-order valence-electron chi connectivity index (χ0n) is 17.8. The quantitative estimate of drug-likeness (QED) is 0.264. The van der Waals surface area contributed by atoms with E-state index >= 15 is 0 Å². The molecule has 0 radical (unpaired) electrons. The molecule has 1 heterocycles. The second kappa shape index (κ2) is 9.51. The van der Waals surface area contributed by atoms with Crippen molar-refractivity contribution in [1.29, 1.82) is 0 Å². The molecule has 0 aliphatic carbocycles. The van der Waals surface area contributed by atoms with Gasteiger partial charge in [0.15, 0.2) is 5.69 Å². The maximum atomic E-state index is 13.4. The van der Waals surface area contributed by atoms with Crippen LogP contribution >= 0.6 is 23.2 Å². The monoisotopic (exact) mass is 543 g/mol. The van der Waals surface area contributed by atoms with Crippen LogP contribution in [0, 0.1) is 0 Å². The summed E-state index contributed by atoms with van der Waals surface area (Å²) >= 11 is 11.7. The van der Waals surface area contributed by atoms with Gasteiger partial charge in [-0.05, 0) is 48.5 Å². The summed E-state index contributed by atoms with van der Waals surface area (Å²) in [7, 11) is 0. The first-order valence-corrected chi connectivity index (χ1v) is 10.8. The minimum atomic E-state index is -4.71. The van der Waals surface area contributed by atoms with Crippen molar-refractivity contribution >= 4 is 34.8 Å². The molecule has 0 aliphatic rings. The van der Waals surface area contributed by atoms with Gasteiger partial charge < -0.3 is 5.32 Å². The molecule has 1 amide bonds. The molecule has 0 saturated heterocycles. The highest BCUT2D eigenvalue weighted by atomic mass is 35.5. The number of halogens is 8. The van der Waals surface area contributed by atoms with Gasteiger partial charge >= 0.3 is 12.4 Å². The Bertz CT molecular complexity index is 1430. The van der Waals surface area contributed by atoms with E-state index in [9.17, 15) is 31.1 Å². The van der Waals surface area contributed by atoms with Crippen LogP contribution in [0.5, 0.6) is 0 Å². The second-order valence-electron chi connectivity index (χ2n) is 7.50. The SMILES string of the molecule is O=C(Nc1ccc(Cl)c(C(F)(F)F)c1)c1ccc(-c2cc(C(F)(F)F)nn2-c2ccccc2Cl)cc1. The molecule has 36 heavy (non-hydrogen) atoms. The van der Waals surface area contributed by atoms with Gasteiger partial charge in [-0.3, -0.25) is 4.79 Å². The topological polar surface area (TPSA) is 46.9 Å². The summed E-state index contributed by atoms with van der Waals surface area (Å²) in [6.45, 7) is 0. The lowest BCUT2D eigenvalue weighted by Gasteiger charge is -2.12. The van der Waals surface area contributed by atoms with Crippen LogP contribution in [0.2, 0.25) is 10.0 Å². The van der Waals surface area contributed by atoms with E-state index in [0.717, 1.165) is 16.8 Å². The molecule has 186 valence electrons. The summed E-state index contributed by atoms with van der Waals surface area (Å²) in [4.78, 5) is 12.6. The van der Waals surface area contributed by atoms with Gasteiger partial charge in [-0.25, -0.2) is 4.68 Å². The Kier molecular flexibility index (Phi) is 6.76. The van der Waals surface area contributed by atoms with Crippen LogP contribution in [0.4, 0.5) is 32.0 Å². The molecule has 4 rings (SSSR count). The summed E-state index contributed by atoms with van der Waals surface area (Å²) in [5.41, 5.74) is -1.74. The van der Waals surface area contributed by atoms with Crippen LogP contribution < -0.4 is 5.32 Å². The molecular weight excluding hydrogens is 531 g/mol. The molecule has 0 unspecified atom stereocenters. The summed E-state index contributed by atoms with van der Waals surface area (Å²) < 4.78 is 80.4. The third-order valence-corrected chi connectivity index (χ3v) is 5.70. The normalized spacial score (nSPS) is 12.0. The number of carbonyl (C=O) groups is 1. The number of amides is 1. The summed E-state index contributed by atoms with van der Waals surface area (Å²) in [5, 5.41) is 5.67. The van der Waals surface area contributed by atoms with Gasteiger partial charge in [0, 0.05) is 16.8 Å². The number of carbonyl (C=O) groups excluding carboxylic acids is 1. The zero-order valence-corrected chi connectivity index (χ0v) is 19.3. The predicted molar refractivity (Wildman–Crippen MR) is 123 cm³/mol. The molecule has 0 atom stereocenters. The fourth-order valence-corrected chi connectivity index (χ4v) is 3.79. The van der Waals surface area contributed by atoms with Gasteiger partial charge in [0.1, 0.15) is 0 Å². The minimum absolute atomic E-state index is 0.0575. The fourth-order valence-electron chi connectivity index (χ4n) is 3.35. The highest BCUT2D eigenvalue weighted by Crippen LogP contribution is 2.37. The Morgan fingerprint density at radius 2 is 1.47 bits per heavy atom. The Balaban J connectivity index is 1.65. The number of benzene rings is 3. The number of rotatable bonds is 4. The van der Waals surface area contributed by atoms with Crippen LogP contribution in [0.1, 0.15) is 21.6 Å². The van der Waals surface area contributed by atoms with Crippen molar-refractivity contribution in [1.82, 2.24) is 9.78 Å². The first-order chi connectivity index (χ1) is 16.8. The molecule has 4 nitrogen and oxygen atoms in total. The van der Waals surface area contributed by atoms with E-state index in [2.05, 4.69) is 10.4 Å². The summed E-state index contributed by atoms with van der Waals surface area (Å²) in [5.74, 6) is -0.729. The molecule has 0 aliphatic heterocycles. The summed E-state index contributed by atoms with van der Waals surface area (Å²) in [6, 6.07) is 15.4. The van der Waals surface area contributed by atoms with Crippen molar-refractivity contribution in [3.8, 4) is 16.9 Å². The highest BCUT2D eigenvalue weighted by molar-refractivity contribution is 6.32. The van der Waals surface area contributed by atoms with Crippen molar-refractivity contribution in [3.05, 3.63) is 99.7 Å². The zero-order chi connectivity index (χ0) is 26.3. The number of hydrogen-bond acceptors (Lipinski definition) is 2. The minimum Gasteiger partial charge on any atom is -0.322 e. The van der Waals surface area contributed by atoms with Crippen molar-refractivity contribution in [2.24, 2.45) is 0 Å². The fraction of sp³-hybridized carbons (Fsp3) is 0.0833. The van der Waals surface area contributed by atoms with Gasteiger partial charge in [0.25, 0.3) is 5.91 Å². The molecule has 1 N–H and O–H groups in total. The van der Waals surface area contributed by atoms with E-state index in [1.54, 1.807) is 12.1 Å². The molecular formula is C24H13Cl2F6N3O. The Morgan fingerprint density at radius 1 is 0.806 bits per heavy atom. The first kappa shape index (κ1) is 25.6. The molecule has 0 bridgehead atoms. The molecule has 0 spiro atoms. The molecule has 0 fully saturated rings. The largest absolute Gasteiger partial charge is 0.435 e. The number of para-hydroxylation sites is 1. The molecule has 12 heteroatoms. The highest BCUT2D eigenvalue weighted by Gasteiger charge is 2.36. The number of nitrogens with zero attached hydrogens (tertiary/aromatic N) is 2. The number of nitrogens with one attached hydrogen (secondary N) is 1. The van der Waals surface area contributed by atoms with E-state index in [-0.39, 0.29) is 27.7 Å². The third kappa shape index (κ3) is 5.34. The molecule has 3 aromatic carbocycles. The Morgan fingerprint density at radius 3 is 2.08 bits per heavy atom. The van der Waals surface area contributed by atoms with Gasteiger partial charge in [0.05, 0.1) is 27.0 Å². The Labute approximate surface area is 210 Å². The van der Waals surface area contributed by atoms with Gasteiger partial charge in [0.2, 0.25) is 0 Å². The van der Waals surface area contributed by atoms with Crippen LogP contribution in [0.3, 0.4) is 0 Å². The van der Waals surface area contributed by atoms with Crippen LogP contribution in [0.25, 0.3) is 16.9 Å². The lowest BCUT2D eigenvalue weighted by atomic mass is 10.1. The lowest BCUT2D eigenvalue weighted by Crippen LogP contribution is -2.13. The number of anilines is 1. The lowest BCUT2D eigenvalue weighted by molar-refractivity contribution is -0.141. The average Bonchev–Trinajstić information content (AvgIpc) is 3.26. The van der Waals surface area contributed by atoms with Gasteiger partial charge in [-0.2, -0.15) is 31.4 Å². The van der Waals surface area contributed by atoms with Gasteiger partial charge in [-0.15, -0.1) is 0 Å². The number of hydrogen-bond donors (Lipinski definition) is 1. The maximum Gasteiger partial charge on any atom is 0.435 e. The van der Waals surface area contributed by atoms with Crippen LogP contribution in [-0.4, -0.2) is 15.7 Å². The Hall–Kier alpha value is -3.50. The van der Waals surface area contributed by atoms with Crippen LogP contribution in [-0.2, 0) is 12.4 Å². The van der Waals surface area contributed by atoms with Crippen molar-refractivity contribution in [2.75, 3.05) is 5.32 Å². The summed E-state index contributed by atoms with van der Waals surface area (Å²) in [6.07, 6.45) is -9.42. The molecule has 4 aromatic rings. The smallest absolute Gasteiger partial charge is 0.322 e.